The standard InChI is InChI=1S/C21H14Cl2N4OS2/c22-15-9-8-14(16(23)11-15)12-24-27-21-25-18(13-5-2-1-3-6-13)20(30-21)26-19(28)17-7-4-10-29-17/h1-12H,(H,25,27)(H,26,28). The monoisotopic (exact) mass is 472 g/mol. The summed E-state index contributed by atoms with van der Waals surface area (Å²) in [6, 6.07) is 18.5. The van der Waals surface area contributed by atoms with Crippen molar-refractivity contribution in [3.8, 4) is 11.3 Å². The van der Waals surface area contributed by atoms with E-state index in [1.807, 2.05) is 41.8 Å². The third-order valence-corrected chi connectivity index (χ3v) is 6.28. The van der Waals surface area contributed by atoms with Crippen LogP contribution in [-0.4, -0.2) is 17.1 Å². The van der Waals surface area contributed by atoms with Crippen LogP contribution in [0.1, 0.15) is 15.2 Å². The average molecular weight is 473 g/mol. The summed E-state index contributed by atoms with van der Waals surface area (Å²) in [7, 11) is 0. The first kappa shape index (κ1) is 20.6. The summed E-state index contributed by atoms with van der Waals surface area (Å²) in [4.78, 5) is 17.8. The van der Waals surface area contributed by atoms with Crippen molar-refractivity contribution >= 4 is 68.1 Å². The largest absolute Gasteiger partial charge is 0.311 e. The lowest BCUT2D eigenvalue weighted by Crippen LogP contribution is -2.09. The van der Waals surface area contributed by atoms with Crippen LogP contribution in [0.15, 0.2) is 71.1 Å². The molecule has 0 aliphatic rings. The Bertz CT molecular complexity index is 1190. The lowest BCUT2D eigenvalue weighted by Gasteiger charge is -2.03. The Hall–Kier alpha value is -2.71. The highest BCUT2D eigenvalue weighted by atomic mass is 35.5. The van der Waals surface area contributed by atoms with Gasteiger partial charge in [-0.1, -0.05) is 77.0 Å². The summed E-state index contributed by atoms with van der Waals surface area (Å²) >= 11 is 14.8. The molecule has 0 fully saturated rings. The van der Waals surface area contributed by atoms with Crippen molar-refractivity contribution in [3.63, 3.8) is 0 Å². The topological polar surface area (TPSA) is 66.4 Å². The number of hydrogen-bond acceptors (Lipinski definition) is 6. The minimum atomic E-state index is -0.172. The van der Waals surface area contributed by atoms with Gasteiger partial charge in [-0.15, -0.1) is 11.3 Å². The quantitative estimate of drug-likeness (QED) is 0.237. The highest BCUT2D eigenvalue weighted by Crippen LogP contribution is 2.36. The summed E-state index contributed by atoms with van der Waals surface area (Å²) in [5, 5.41) is 11.3. The van der Waals surface area contributed by atoms with E-state index >= 15 is 0 Å². The Balaban J connectivity index is 1.58. The Morgan fingerprint density at radius 3 is 2.63 bits per heavy atom. The molecule has 0 bridgehead atoms. The van der Waals surface area contributed by atoms with Gasteiger partial charge in [0, 0.05) is 16.1 Å². The molecule has 0 spiro atoms. The second kappa shape index (κ2) is 9.40. The van der Waals surface area contributed by atoms with Gasteiger partial charge in [0.05, 0.1) is 16.1 Å². The first-order chi connectivity index (χ1) is 14.6. The Labute approximate surface area is 191 Å². The van der Waals surface area contributed by atoms with Crippen molar-refractivity contribution in [3.05, 3.63) is 86.5 Å². The molecule has 1 amide bonds. The lowest BCUT2D eigenvalue weighted by atomic mass is 10.2. The van der Waals surface area contributed by atoms with E-state index in [9.17, 15) is 4.79 Å². The zero-order chi connectivity index (χ0) is 20.9. The predicted octanol–water partition coefficient (Wildman–Crippen LogP) is 6.88. The minimum Gasteiger partial charge on any atom is -0.311 e. The summed E-state index contributed by atoms with van der Waals surface area (Å²) in [5.41, 5.74) is 5.20. The normalized spacial score (nSPS) is 11.0. The molecule has 4 rings (SSSR count). The van der Waals surface area contributed by atoms with Crippen LogP contribution in [0.3, 0.4) is 0 Å². The Morgan fingerprint density at radius 2 is 1.90 bits per heavy atom. The van der Waals surface area contributed by atoms with Crippen molar-refractivity contribution in [1.82, 2.24) is 4.98 Å². The lowest BCUT2D eigenvalue weighted by molar-refractivity contribution is 0.103. The molecule has 9 heteroatoms. The molecule has 0 atom stereocenters. The third-order valence-electron chi connectivity index (χ3n) is 3.97. The van der Waals surface area contributed by atoms with E-state index in [-0.39, 0.29) is 5.91 Å². The number of halogens is 2. The van der Waals surface area contributed by atoms with E-state index in [0.29, 0.717) is 30.7 Å². The number of aromatic nitrogens is 1. The number of hydrogen-bond donors (Lipinski definition) is 2. The molecule has 2 aromatic heterocycles. The fourth-order valence-corrected chi connectivity index (χ4v) is 4.49. The molecule has 2 heterocycles. The molecule has 0 saturated carbocycles. The fourth-order valence-electron chi connectivity index (χ4n) is 2.58. The maximum absolute atomic E-state index is 12.5. The molecular weight excluding hydrogens is 459 g/mol. The highest BCUT2D eigenvalue weighted by molar-refractivity contribution is 7.20. The average Bonchev–Trinajstić information content (AvgIpc) is 3.41. The molecule has 2 aromatic carbocycles. The van der Waals surface area contributed by atoms with Gasteiger partial charge >= 0.3 is 0 Å². The van der Waals surface area contributed by atoms with Crippen LogP contribution in [0.2, 0.25) is 10.0 Å². The molecule has 0 radical (unpaired) electrons. The van der Waals surface area contributed by atoms with E-state index in [4.69, 9.17) is 23.2 Å². The number of thiophene rings is 1. The van der Waals surface area contributed by atoms with Gasteiger partial charge in [-0.05, 0) is 23.6 Å². The SMILES string of the molecule is O=C(Nc1sc(NN=Cc2ccc(Cl)cc2Cl)nc1-c1ccccc1)c1cccs1. The highest BCUT2D eigenvalue weighted by Gasteiger charge is 2.16. The molecule has 2 N–H and O–H groups in total. The van der Waals surface area contributed by atoms with Crippen LogP contribution >= 0.6 is 45.9 Å². The second-order valence-corrected chi connectivity index (χ2v) is 8.82. The molecule has 0 unspecified atom stereocenters. The number of amides is 1. The maximum atomic E-state index is 12.5. The number of benzene rings is 2. The van der Waals surface area contributed by atoms with Gasteiger partial charge in [-0.25, -0.2) is 4.98 Å². The summed E-state index contributed by atoms with van der Waals surface area (Å²) < 4.78 is 0. The molecule has 0 aliphatic carbocycles. The Morgan fingerprint density at radius 1 is 1.07 bits per heavy atom. The van der Waals surface area contributed by atoms with Gasteiger partial charge in [-0.3, -0.25) is 10.2 Å². The number of rotatable bonds is 6. The number of nitrogens with one attached hydrogen (secondary N) is 2. The smallest absolute Gasteiger partial charge is 0.266 e. The molecule has 150 valence electrons. The van der Waals surface area contributed by atoms with Crippen molar-refractivity contribution in [1.29, 1.82) is 0 Å². The molecule has 0 saturated heterocycles. The van der Waals surface area contributed by atoms with Crippen LogP contribution in [0, 0.1) is 0 Å². The van der Waals surface area contributed by atoms with Gasteiger partial charge in [-0.2, -0.15) is 5.10 Å². The van der Waals surface area contributed by atoms with Crippen molar-refractivity contribution in [2.24, 2.45) is 5.10 Å². The number of carbonyl (C=O) groups excluding carboxylic acids is 1. The zero-order valence-corrected chi connectivity index (χ0v) is 18.4. The van der Waals surface area contributed by atoms with Crippen LogP contribution in [0.4, 0.5) is 10.1 Å². The number of hydrazone groups is 1. The summed E-state index contributed by atoms with van der Waals surface area (Å²) in [6.07, 6.45) is 1.59. The van der Waals surface area contributed by atoms with E-state index in [1.165, 1.54) is 22.7 Å². The van der Waals surface area contributed by atoms with Crippen LogP contribution in [0.25, 0.3) is 11.3 Å². The third kappa shape index (κ3) is 4.88. The molecule has 4 aromatic rings. The van der Waals surface area contributed by atoms with E-state index in [2.05, 4.69) is 20.8 Å². The zero-order valence-electron chi connectivity index (χ0n) is 15.3. The van der Waals surface area contributed by atoms with Crippen LogP contribution in [-0.2, 0) is 0 Å². The number of carbonyl (C=O) groups is 1. The van der Waals surface area contributed by atoms with Crippen molar-refractivity contribution < 1.29 is 4.79 Å². The predicted molar refractivity (Wildman–Crippen MR) is 128 cm³/mol. The van der Waals surface area contributed by atoms with Crippen LogP contribution in [0.5, 0.6) is 0 Å². The van der Waals surface area contributed by atoms with E-state index in [1.54, 1.807) is 30.5 Å². The Kier molecular flexibility index (Phi) is 6.44. The maximum Gasteiger partial charge on any atom is 0.266 e. The molecule has 30 heavy (non-hydrogen) atoms. The second-order valence-electron chi connectivity index (χ2n) is 6.03. The van der Waals surface area contributed by atoms with Crippen molar-refractivity contribution in [2.75, 3.05) is 10.7 Å². The molecular formula is C21H14Cl2N4OS2. The molecule has 0 aliphatic heterocycles. The van der Waals surface area contributed by atoms with Gasteiger partial charge in [0.2, 0.25) is 5.13 Å². The molecule has 5 nitrogen and oxygen atoms in total. The first-order valence-corrected chi connectivity index (χ1v) is 11.2. The number of anilines is 2. The first-order valence-electron chi connectivity index (χ1n) is 8.75. The van der Waals surface area contributed by atoms with Gasteiger partial charge < -0.3 is 5.32 Å². The fraction of sp³-hybridized carbons (Fsp3) is 0. The summed E-state index contributed by atoms with van der Waals surface area (Å²) in [6.45, 7) is 0. The van der Waals surface area contributed by atoms with E-state index in [0.717, 1.165) is 11.1 Å². The van der Waals surface area contributed by atoms with Crippen LogP contribution < -0.4 is 10.7 Å². The number of nitrogens with zero attached hydrogens (tertiary/aromatic N) is 2. The van der Waals surface area contributed by atoms with Crippen molar-refractivity contribution in [2.45, 2.75) is 0 Å². The van der Waals surface area contributed by atoms with Gasteiger partial charge in [0.1, 0.15) is 10.7 Å². The summed E-state index contributed by atoms with van der Waals surface area (Å²) in [5.74, 6) is -0.172. The minimum absolute atomic E-state index is 0.172. The van der Waals surface area contributed by atoms with E-state index < -0.39 is 0 Å². The van der Waals surface area contributed by atoms with Gasteiger partial charge in [0.25, 0.3) is 5.91 Å². The van der Waals surface area contributed by atoms with Gasteiger partial charge in [0.15, 0.2) is 0 Å². The number of thiazole rings is 1.